The summed E-state index contributed by atoms with van der Waals surface area (Å²) in [5.41, 5.74) is 1.03. The fraction of sp³-hybridized carbons (Fsp3) is 0.684. The minimum Gasteiger partial charge on any atom is -0.413 e. The maximum absolute atomic E-state index is 12.9. The van der Waals surface area contributed by atoms with E-state index in [1.165, 1.54) is 4.31 Å². The molecule has 1 N–H and O–H groups in total. The molecule has 1 fully saturated rings. The Hall–Kier alpha value is -0.733. The molecule has 1 saturated heterocycles. The van der Waals surface area contributed by atoms with Crippen LogP contribution in [0.2, 0.25) is 18.1 Å². The average Bonchev–Trinajstić information content (AvgIpc) is 2.54. The highest BCUT2D eigenvalue weighted by molar-refractivity contribution is 7.89. The van der Waals surface area contributed by atoms with E-state index < -0.39 is 18.3 Å². The molecule has 2 rings (SSSR count). The molecule has 1 aromatic carbocycles. The van der Waals surface area contributed by atoms with Gasteiger partial charge < -0.3 is 9.53 Å². The Balaban J connectivity index is 2.15. The van der Waals surface area contributed by atoms with Gasteiger partial charge in [-0.3, -0.25) is 0 Å². The molecule has 1 heterocycles. The smallest absolute Gasteiger partial charge is 0.243 e. The topological polar surface area (TPSA) is 66.8 Å². The van der Waals surface area contributed by atoms with Crippen LogP contribution in [0.25, 0.3) is 0 Å². The van der Waals surface area contributed by atoms with Crippen LogP contribution in [0.1, 0.15) is 32.8 Å². The molecule has 5 nitrogen and oxygen atoms in total. The SMILES string of the molecule is Cc1ccc(S(=O)(=O)N2CC[C@@H](O[Si](C)(C)C(C)(C)C)[C@@H](CO)C2)cc1. The Bertz CT molecular complexity index is 710. The number of hydrogen-bond acceptors (Lipinski definition) is 4. The van der Waals surface area contributed by atoms with Crippen molar-refractivity contribution >= 4 is 18.3 Å². The second-order valence-electron chi connectivity index (χ2n) is 8.82. The Morgan fingerprint density at radius 2 is 1.81 bits per heavy atom. The molecule has 2 atom stereocenters. The van der Waals surface area contributed by atoms with E-state index in [-0.39, 0.29) is 23.7 Å². The zero-order valence-corrected chi connectivity index (χ0v) is 18.6. The molecule has 1 aliphatic heterocycles. The monoisotopic (exact) mass is 399 g/mol. The van der Waals surface area contributed by atoms with Crippen LogP contribution in [0.5, 0.6) is 0 Å². The first-order chi connectivity index (χ1) is 11.9. The average molecular weight is 400 g/mol. The van der Waals surface area contributed by atoms with Crippen molar-refractivity contribution in [3.63, 3.8) is 0 Å². The van der Waals surface area contributed by atoms with Crippen molar-refractivity contribution in [2.75, 3.05) is 19.7 Å². The minimum atomic E-state index is -3.54. The zero-order chi connectivity index (χ0) is 19.8. The molecule has 148 valence electrons. The van der Waals surface area contributed by atoms with Crippen LogP contribution in [-0.4, -0.2) is 51.9 Å². The Morgan fingerprint density at radius 1 is 1.23 bits per heavy atom. The number of hydrogen-bond donors (Lipinski definition) is 1. The van der Waals surface area contributed by atoms with Crippen LogP contribution in [0.4, 0.5) is 0 Å². The lowest BCUT2D eigenvalue weighted by Gasteiger charge is -2.44. The van der Waals surface area contributed by atoms with Gasteiger partial charge in [0.05, 0.1) is 11.0 Å². The predicted molar refractivity (Wildman–Crippen MR) is 107 cm³/mol. The molecule has 0 bridgehead atoms. The largest absolute Gasteiger partial charge is 0.413 e. The number of piperidine rings is 1. The number of nitrogens with zero attached hydrogens (tertiary/aromatic N) is 1. The van der Waals surface area contributed by atoms with E-state index in [2.05, 4.69) is 33.9 Å². The Labute approximate surface area is 159 Å². The van der Waals surface area contributed by atoms with Gasteiger partial charge in [-0.25, -0.2) is 8.42 Å². The van der Waals surface area contributed by atoms with E-state index in [1.54, 1.807) is 12.1 Å². The zero-order valence-electron chi connectivity index (χ0n) is 16.8. The van der Waals surface area contributed by atoms with Gasteiger partial charge in [-0.15, -0.1) is 0 Å². The highest BCUT2D eigenvalue weighted by Crippen LogP contribution is 2.39. The summed E-state index contributed by atoms with van der Waals surface area (Å²) in [5, 5.41) is 9.95. The summed E-state index contributed by atoms with van der Waals surface area (Å²) in [7, 11) is -5.51. The first-order valence-corrected chi connectivity index (χ1v) is 13.6. The van der Waals surface area contributed by atoms with Crippen molar-refractivity contribution in [2.45, 2.75) is 63.2 Å². The van der Waals surface area contributed by atoms with Crippen molar-refractivity contribution < 1.29 is 18.0 Å². The van der Waals surface area contributed by atoms with Crippen LogP contribution in [0.15, 0.2) is 29.2 Å². The van der Waals surface area contributed by atoms with E-state index in [1.807, 2.05) is 19.1 Å². The number of aliphatic hydroxyl groups excluding tert-OH is 1. The molecule has 1 aliphatic rings. The van der Waals surface area contributed by atoms with Crippen LogP contribution in [0.3, 0.4) is 0 Å². The first kappa shape index (κ1) is 21.6. The van der Waals surface area contributed by atoms with Gasteiger partial charge in [-0.2, -0.15) is 4.31 Å². The van der Waals surface area contributed by atoms with Crippen LogP contribution in [-0.2, 0) is 14.4 Å². The summed E-state index contributed by atoms with van der Waals surface area (Å²) in [4.78, 5) is 0.309. The molecule has 0 radical (unpaired) electrons. The molecule has 1 aromatic rings. The van der Waals surface area contributed by atoms with Gasteiger partial charge in [0.1, 0.15) is 0 Å². The molecule has 0 aliphatic carbocycles. The second-order valence-corrected chi connectivity index (χ2v) is 15.5. The molecule has 26 heavy (non-hydrogen) atoms. The molecular formula is C19H33NO4SSi. The third-order valence-electron chi connectivity index (χ3n) is 5.77. The lowest BCUT2D eigenvalue weighted by atomic mass is 9.97. The van der Waals surface area contributed by atoms with Gasteiger partial charge in [0.2, 0.25) is 10.0 Å². The third-order valence-corrected chi connectivity index (χ3v) is 12.2. The van der Waals surface area contributed by atoms with E-state index in [4.69, 9.17) is 4.43 Å². The lowest BCUT2D eigenvalue weighted by molar-refractivity contribution is 0.0309. The molecule has 0 unspecified atom stereocenters. The Kier molecular flexibility index (Phi) is 6.40. The number of aliphatic hydroxyl groups is 1. The van der Waals surface area contributed by atoms with Crippen LogP contribution < -0.4 is 0 Å². The van der Waals surface area contributed by atoms with E-state index >= 15 is 0 Å². The minimum absolute atomic E-state index is 0.0702. The van der Waals surface area contributed by atoms with E-state index in [9.17, 15) is 13.5 Å². The Morgan fingerprint density at radius 3 is 2.31 bits per heavy atom. The predicted octanol–water partition coefficient (Wildman–Crippen LogP) is 3.39. The molecule has 0 aromatic heterocycles. The van der Waals surface area contributed by atoms with Crippen molar-refractivity contribution in [3.05, 3.63) is 29.8 Å². The highest BCUT2D eigenvalue weighted by atomic mass is 32.2. The maximum Gasteiger partial charge on any atom is 0.243 e. The highest BCUT2D eigenvalue weighted by Gasteiger charge is 2.43. The van der Waals surface area contributed by atoms with Gasteiger partial charge in [0, 0.05) is 25.6 Å². The molecule has 0 saturated carbocycles. The van der Waals surface area contributed by atoms with E-state index in [0.717, 1.165) is 5.56 Å². The van der Waals surface area contributed by atoms with Crippen molar-refractivity contribution in [3.8, 4) is 0 Å². The van der Waals surface area contributed by atoms with E-state index in [0.29, 0.717) is 24.4 Å². The van der Waals surface area contributed by atoms with Gasteiger partial charge in [0.15, 0.2) is 8.32 Å². The molecule has 0 amide bonds. The summed E-state index contributed by atoms with van der Waals surface area (Å²) < 4.78 is 33.8. The summed E-state index contributed by atoms with van der Waals surface area (Å²) in [6.07, 6.45) is 0.522. The molecule has 7 heteroatoms. The van der Waals surface area contributed by atoms with Crippen molar-refractivity contribution in [1.82, 2.24) is 4.31 Å². The van der Waals surface area contributed by atoms with Crippen LogP contribution >= 0.6 is 0 Å². The second kappa shape index (κ2) is 7.71. The summed E-state index contributed by atoms with van der Waals surface area (Å²) in [5.74, 6) is -0.196. The number of benzene rings is 1. The molecular weight excluding hydrogens is 366 g/mol. The summed E-state index contributed by atoms with van der Waals surface area (Å²) in [6, 6.07) is 6.92. The quantitative estimate of drug-likeness (QED) is 0.771. The summed E-state index contributed by atoms with van der Waals surface area (Å²) >= 11 is 0. The van der Waals surface area contributed by atoms with Crippen molar-refractivity contribution in [1.29, 1.82) is 0 Å². The fourth-order valence-electron chi connectivity index (χ4n) is 2.94. The van der Waals surface area contributed by atoms with Crippen LogP contribution in [0, 0.1) is 12.8 Å². The standard InChI is InChI=1S/C19H33NO4SSi/c1-15-7-9-17(10-8-15)25(22,23)20-12-11-18(16(13-20)14-21)24-26(5,6)19(2,3)4/h7-10,16,18,21H,11-14H2,1-6H3/t16-,18-/m1/s1. The third kappa shape index (κ3) is 4.57. The normalized spacial score (nSPS) is 23.2. The van der Waals surface area contributed by atoms with Gasteiger partial charge in [0.25, 0.3) is 0 Å². The lowest BCUT2D eigenvalue weighted by Crippen LogP contribution is -2.53. The fourth-order valence-corrected chi connectivity index (χ4v) is 5.87. The first-order valence-electron chi connectivity index (χ1n) is 9.24. The molecule has 0 spiro atoms. The van der Waals surface area contributed by atoms with Crippen molar-refractivity contribution in [2.24, 2.45) is 5.92 Å². The number of sulfonamides is 1. The summed E-state index contributed by atoms with van der Waals surface area (Å²) in [6.45, 7) is 13.5. The maximum atomic E-state index is 12.9. The van der Waals surface area contributed by atoms with Gasteiger partial charge >= 0.3 is 0 Å². The number of aryl methyl sites for hydroxylation is 1. The van der Waals surface area contributed by atoms with Gasteiger partial charge in [-0.1, -0.05) is 38.5 Å². The number of rotatable bonds is 5. The van der Waals surface area contributed by atoms with Gasteiger partial charge in [-0.05, 0) is 43.6 Å².